The Labute approximate surface area is 110 Å². The van der Waals surface area contributed by atoms with Crippen molar-refractivity contribution in [2.45, 2.75) is 25.7 Å². The third kappa shape index (κ3) is 2.32. The van der Waals surface area contributed by atoms with Gasteiger partial charge in [-0.1, -0.05) is 6.92 Å². The fourth-order valence-corrected chi connectivity index (χ4v) is 2.34. The molecule has 1 aromatic rings. The van der Waals surface area contributed by atoms with E-state index in [4.69, 9.17) is 9.84 Å². The van der Waals surface area contributed by atoms with Crippen LogP contribution in [0.1, 0.15) is 41.6 Å². The van der Waals surface area contributed by atoms with Crippen LogP contribution in [-0.4, -0.2) is 24.0 Å². The summed E-state index contributed by atoms with van der Waals surface area (Å²) in [5, 5.41) is 8.93. The first-order valence-electron chi connectivity index (χ1n) is 6.13. The monoisotopic (exact) mass is 266 g/mol. The van der Waals surface area contributed by atoms with Gasteiger partial charge in [-0.15, -0.1) is 0 Å². The SMILES string of the molecule is CCC(=O)c1ccc(F)c([C@H]2C[C@H]2C(=O)O)c1OC. The van der Waals surface area contributed by atoms with Crippen LogP contribution in [0.4, 0.5) is 4.39 Å². The molecule has 5 heteroatoms. The predicted molar refractivity (Wildman–Crippen MR) is 66.1 cm³/mol. The van der Waals surface area contributed by atoms with Gasteiger partial charge in [0, 0.05) is 17.9 Å². The Balaban J connectivity index is 2.48. The lowest BCUT2D eigenvalue weighted by atomic mass is 9.99. The second kappa shape index (κ2) is 4.99. The first-order valence-corrected chi connectivity index (χ1v) is 6.13. The number of hydrogen-bond acceptors (Lipinski definition) is 3. The van der Waals surface area contributed by atoms with Gasteiger partial charge in [-0.2, -0.15) is 0 Å². The van der Waals surface area contributed by atoms with Crippen LogP contribution in [-0.2, 0) is 4.79 Å². The van der Waals surface area contributed by atoms with Crippen LogP contribution in [0.25, 0.3) is 0 Å². The van der Waals surface area contributed by atoms with Crippen molar-refractivity contribution in [3.05, 3.63) is 29.1 Å². The second-order valence-corrected chi connectivity index (χ2v) is 4.61. The Morgan fingerprint density at radius 3 is 2.63 bits per heavy atom. The number of ketones is 1. The van der Waals surface area contributed by atoms with Crippen LogP contribution < -0.4 is 4.74 Å². The summed E-state index contributed by atoms with van der Waals surface area (Å²) >= 11 is 0. The molecule has 4 nitrogen and oxygen atoms in total. The van der Waals surface area contributed by atoms with E-state index in [1.807, 2.05) is 0 Å². The molecule has 2 rings (SSSR count). The molecular formula is C14H15FO4. The minimum atomic E-state index is -0.946. The summed E-state index contributed by atoms with van der Waals surface area (Å²) in [6.07, 6.45) is 0.668. The fraction of sp³-hybridized carbons (Fsp3) is 0.429. The van der Waals surface area contributed by atoms with Gasteiger partial charge in [0.2, 0.25) is 0 Å². The van der Waals surface area contributed by atoms with Gasteiger partial charge in [0.05, 0.1) is 18.6 Å². The Hall–Kier alpha value is -1.91. The first kappa shape index (κ1) is 13.5. The van der Waals surface area contributed by atoms with Gasteiger partial charge in [-0.3, -0.25) is 9.59 Å². The van der Waals surface area contributed by atoms with E-state index in [0.29, 0.717) is 12.0 Å². The quantitative estimate of drug-likeness (QED) is 0.832. The lowest BCUT2D eigenvalue weighted by molar-refractivity contribution is -0.138. The lowest BCUT2D eigenvalue weighted by Gasteiger charge is -2.13. The number of methoxy groups -OCH3 is 1. The maximum atomic E-state index is 13.9. The van der Waals surface area contributed by atoms with Gasteiger partial charge in [-0.25, -0.2) is 4.39 Å². The van der Waals surface area contributed by atoms with E-state index in [9.17, 15) is 14.0 Å². The highest BCUT2D eigenvalue weighted by molar-refractivity contribution is 5.99. The third-order valence-corrected chi connectivity index (χ3v) is 3.45. The zero-order chi connectivity index (χ0) is 14.2. The molecule has 0 bridgehead atoms. The number of hydrogen-bond donors (Lipinski definition) is 1. The lowest BCUT2D eigenvalue weighted by Crippen LogP contribution is -2.07. The van der Waals surface area contributed by atoms with Crippen LogP contribution in [0.5, 0.6) is 5.75 Å². The summed E-state index contributed by atoms with van der Waals surface area (Å²) in [6.45, 7) is 1.71. The number of rotatable bonds is 5. The van der Waals surface area contributed by atoms with E-state index < -0.39 is 23.6 Å². The molecule has 0 heterocycles. The van der Waals surface area contributed by atoms with Crippen molar-refractivity contribution in [1.82, 2.24) is 0 Å². The van der Waals surface area contributed by atoms with Crippen molar-refractivity contribution >= 4 is 11.8 Å². The van der Waals surface area contributed by atoms with E-state index in [1.54, 1.807) is 6.92 Å². The van der Waals surface area contributed by atoms with Gasteiger partial charge in [0.1, 0.15) is 11.6 Å². The predicted octanol–water partition coefficient (Wildman–Crippen LogP) is 2.62. The van der Waals surface area contributed by atoms with E-state index in [2.05, 4.69) is 0 Å². The Bertz CT molecular complexity index is 538. The molecule has 102 valence electrons. The van der Waals surface area contributed by atoms with Crippen LogP contribution in [0, 0.1) is 11.7 Å². The van der Waals surface area contributed by atoms with Crippen molar-refractivity contribution in [3.8, 4) is 5.75 Å². The van der Waals surface area contributed by atoms with Crippen molar-refractivity contribution in [1.29, 1.82) is 0 Å². The smallest absolute Gasteiger partial charge is 0.307 e. The summed E-state index contributed by atoms with van der Waals surface area (Å²) in [5.41, 5.74) is 0.534. The second-order valence-electron chi connectivity index (χ2n) is 4.61. The minimum absolute atomic E-state index is 0.148. The molecule has 0 unspecified atom stereocenters. The number of benzene rings is 1. The summed E-state index contributed by atoms with van der Waals surface area (Å²) in [6, 6.07) is 2.60. The number of aliphatic carboxylic acids is 1. The normalized spacial score (nSPS) is 21.0. The van der Waals surface area contributed by atoms with Crippen LogP contribution in [0.3, 0.4) is 0 Å². The molecule has 0 spiro atoms. The summed E-state index contributed by atoms with van der Waals surface area (Å²) in [4.78, 5) is 22.7. The summed E-state index contributed by atoms with van der Waals surface area (Å²) in [5.74, 6) is -2.42. The van der Waals surface area contributed by atoms with E-state index in [-0.39, 0.29) is 23.5 Å². The largest absolute Gasteiger partial charge is 0.496 e. The number of Topliss-reactive ketones (excluding diaryl/α,β-unsaturated/α-hetero) is 1. The van der Waals surface area contributed by atoms with Crippen molar-refractivity contribution in [2.75, 3.05) is 7.11 Å². The number of halogens is 1. The molecule has 1 saturated carbocycles. The molecule has 0 saturated heterocycles. The molecule has 0 radical (unpaired) electrons. The standard InChI is InChI=1S/C14H15FO4/c1-3-11(16)7-4-5-10(15)12(13(7)19-2)8-6-9(8)14(17)18/h4-5,8-9H,3,6H2,1-2H3,(H,17,18)/t8-,9+/m0/s1. The topological polar surface area (TPSA) is 63.6 Å². The van der Waals surface area contributed by atoms with Crippen LogP contribution in [0.2, 0.25) is 0 Å². The molecule has 0 aromatic heterocycles. The van der Waals surface area contributed by atoms with Gasteiger partial charge < -0.3 is 9.84 Å². The highest BCUT2D eigenvalue weighted by atomic mass is 19.1. The number of carbonyl (C=O) groups excluding carboxylic acids is 1. The van der Waals surface area contributed by atoms with Crippen molar-refractivity contribution in [3.63, 3.8) is 0 Å². The Kier molecular flexibility index (Phi) is 3.55. The number of carboxylic acids is 1. The van der Waals surface area contributed by atoms with Gasteiger partial charge in [-0.05, 0) is 18.6 Å². The van der Waals surface area contributed by atoms with E-state index >= 15 is 0 Å². The van der Waals surface area contributed by atoms with Gasteiger partial charge >= 0.3 is 5.97 Å². The van der Waals surface area contributed by atoms with Crippen molar-refractivity contribution < 1.29 is 23.8 Å². The van der Waals surface area contributed by atoms with Crippen LogP contribution >= 0.6 is 0 Å². The molecule has 0 amide bonds. The average molecular weight is 266 g/mol. The van der Waals surface area contributed by atoms with E-state index in [0.717, 1.165) is 0 Å². The van der Waals surface area contributed by atoms with Gasteiger partial charge in [0.15, 0.2) is 5.78 Å². The van der Waals surface area contributed by atoms with Crippen LogP contribution in [0.15, 0.2) is 12.1 Å². The highest BCUT2D eigenvalue weighted by Crippen LogP contribution is 2.52. The first-order chi connectivity index (χ1) is 9.01. The Morgan fingerprint density at radius 1 is 1.47 bits per heavy atom. The fourth-order valence-electron chi connectivity index (χ4n) is 2.34. The molecule has 0 aliphatic heterocycles. The molecular weight excluding hydrogens is 251 g/mol. The summed E-state index contributed by atoms with van der Waals surface area (Å²) in [7, 11) is 1.36. The number of ether oxygens (including phenoxy) is 1. The molecule has 19 heavy (non-hydrogen) atoms. The summed E-state index contributed by atoms with van der Waals surface area (Å²) < 4.78 is 19.1. The van der Waals surface area contributed by atoms with Gasteiger partial charge in [0.25, 0.3) is 0 Å². The molecule has 1 aliphatic rings. The number of carbonyl (C=O) groups is 2. The minimum Gasteiger partial charge on any atom is -0.496 e. The molecule has 1 fully saturated rings. The average Bonchev–Trinajstić information content (AvgIpc) is 3.17. The molecule has 1 N–H and O–H groups in total. The molecule has 1 aliphatic carbocycles. The maximum absolute atomic E-state index is 13.9. The zero-order valence-corrected chi connectivity index (χ0v) is 10.8. The maximum Gasteiger partial charge on any atom is 0.307 e. The number of carboxylic acid groups (broad SMARTS) is 1. The molecule has 2 atom stereocenters. The Morgan fingerprint density at radius 2 is 2.16 bits per heavy atom. The zero-order valence-electron chi connectivity index (χ0n) is 10.8. The highest BCUT2D eigenvalue weighted by Gasteiger charge is 2.47. The van der Waals surface area contributed by atoms with Crippen molar-refractivity contribution in [2.24, 2.45) is 5.92 Å². The molecule has 1 aromatic carbocycles. The van der Waals surface area contributed by atoms with E-state index in [1.165, 1.54) is 19.2 Å². The third-order valence-electron chi connectivity index (χ3n) is 3.45.